The molecule has 0 aliphatic carbocycles. The molecule has 1 aromatic rings. The van der Waals surface area contributed by atoms with E-state index in [1.807, 2.05) is 4.72 Å². The number of hydrogen-bond donors (Lipinski definition) is 3. The minimum absolute atomic E-state index is 0.166. The molecule has 1 aromatic carbocycles. The van der Waals surface area contributed by atoms with Crippen LogP contribution in [0.15, 0.2) is 12.1 Å². The fourth-order valence-electron chi connectivity index (χ4n) is 1.01. The standard InChI is InChI=1S/C8H10ClFN2O3S/c1-2-11-16(14,15)12-7-4-5(10)3-6(9)8(7)13/h3-4,11-13H,2H2,1H3. The summed E-state index contributed by atoms with van der Waals surface area (Å²) >= 11 is 5.48. The summed E-state index contributed by atoms with van der Waals surface area (Å²) in [4.78, 5) is 0. The van der Waals surface area contributed by atoms with Crippen molar-refractivity contribution in [3.8, 4) is 5.75 Å². The van der Waals surface area contributed by atoms with Gasteiger partial charge in [-0.2, -0.15) is 13.1 Å². The Kier molecular flexibility index (Phi) is 3.95. The van der Waals surface area contributed by atoms with E-state index in [0.717, 1.165) is 12.1 Å². The first kappa shape index (κ1) is 13.0. The zero-order valence-corrected chi connectivity index (χ0v) is 9.86. The quantitative estimate of drug-likeness (QED) is 0.723. The highest BCUT2D eigenvalue weighted by molar-refractivity contribution is 7.90. The van der Waals surface area contributed by atoms with E-state index in [-0.39, 0.29) is 17.3 Å². The molecule has 0 bridgehead atoms. The molecular weight excluding hydrogens is 259 g/mol. The molecule has 5 nitrogen and oxygen atoms in total. The van der Waals surface area contributed by atoms with Crippen LogP contribution in [-0.4, -0.2) is 20.1 Å². The maximum absolute atomic E-state index is 12.9. The molecule has 0 spiro atoms. The monoisotopic (exact) mass is 268 g/mol. The van der Waals surface area contributed by atoms with E-state index >= 15 is 0 Å². The molecular formula is C8H10ClFN2O3S. The molecule has 1 rings (SSSR count). The van der Waals surface area contributed by atoms with Gasteiger partial charge in [0.2, 0.25) is 0 Å². The van der Waals surface area contributed by atoms with Crippen molar-refractivity contribution in [2.24, 2.45) is 0 Å². The average molecular weight is 269 g/mol. The van der Waals surface area contributed by atoms with Crippen LogP contribution in [-0.2, 0) is 10.2 Å². The number of anilines is 1. The summed E-state index contributed by atoms with van der Waals surface area (Å²) in [5, 5.41) is 9.13. The van der Waals surface area contributed by atoms with Crippen molar-refractivity contribution in [2.45, 2.75) is 6.92 Å². The number of aromatic hydroxyl groups is 1. The number of halogens is 2. The molecule has 3 N–H and O–H groups in total. The topological polar surface area (TPSA) is 78.4 Å². The SMILES string of the molecule is CCNS(=O)(=O)Nc1cc(F)cc(Cl)c1O. The molecule has 8 heteroatoms. The molecule has 0 heterocycles. The molecule has 0 saturated carbocycles. The number of phenolic OH excluding ortho intramolecular Hbond substituents is 1. The van der Waals surface area contributed by atoms with Crippen LogP contribution in [0.5, 0.6) is 5.75 Å². The summed E-state index contributed by atoms with van der Waals surface area (Å²) in [6, 6.07) is 1.71. The minimum atomic E-state index is -3.83. The molecule has 90 valence electrons. The number of phenols is 1. The summed E-state index contributed by atoms with van der Waals surface area (Å²) in [6.07, 6.45) is 0. The second-order valence-corrected chi connectivity index (χ2v) is 4.79. The summed E-state index contributed by atoms with van der Waals surface area (Å²) < 4.78 is 39.5. The lowest BCUT2D eigenvalue weighted by Crippen LogP contribution is -2.29. The lowest BCUT2D eigenvalue weighted by Gasteiger charge is -2.10. The van der Waals surface area contributed by atoms with Gasteiger partial charge in [-0.25, -0.2) is 4.39 Å². The molecule has 0 radical (unpaired) electrons. The van der Waals surface area contributed by atoms with Crippen LogP contribution >= 0.6 is 11.6 Å². The highest BCUT2D eigenvalue weighted by atomic mass is 35.5. The molecule has 0 fully saturated rings. The summed E-state index contributed by atoms with van der Waals surface area (Å²) in [5.41, 5.74) is -0.314. The van der Waals surface area contributed by atoms with Gasteiger partial charge < -0.3 is 5.11 Å². The zero-order valence-electron chi connectivity index (χ0n) is 8.29. The molecule has 0 atom stereocenters. The molecule has 0 aromatic heterocycles. The van der Waals surface area contributed by atoms with Crippen LogP contribution in [0, 0.1) is 5.82 Å². The molecule has 0 amide bonds. The lowest BCUT2D eigenvalue weighted by atomic mass is 10.3. The average Bonchev–Trinajstić information content (AvgIpc) is 2.12. The van der Waals surface area contributed by atoms with Crippen molar-refractivity contribution in [3.63, 3.8) is 0 Å². The van der Waals surface area contributed by atoms with Crippen molar-refractivity contribution in [3.05, 3.63) is 23.0 Å². The highest BCUT2D eigenvalue weighted by Crippen LogP contribution is 2.33. The van der Waals surface area contributed by atoms with Crippen molar-refractivity contribution in [1.82, 2.24) is 4.72 Å². The van der Waals surface area contributed by atoms with E-state index in [1.165, 1.54) is 0 Å². The Morgan fingerprint density at radius 1 is 1.50 bits per heavy atom. The number of benzene rings is 1. The van der Waals surface area contributed by atoms with Crippen LogP contribution in [0.25, 0.3) is 0 Å². The van der Waals surface area contributed by atoms with Gasteiger partial charge in [-0.3, -0.25) is 4.72 Å². The van der Waals surface area contributed by atoms with E-state index in [9.17, 15) is 17.9 Å². The molecule has 0 saturated heterocycles. The maximum Gasteiger partial charge on any atom is 0.299 e. The van der Waals surface area contributed by atoms with Crippen LogP contribution in [0.4, 0.5) is 10.1 Å². The largest absolute Gasteiger partial charge is 0.504 e. The Morgan fingerprint density at radius 2 is 2.12 bits per heavy atom. The first-order valence-electron chi connectivity index (χ1n) is 4.31. The van der Waals surface area contributed by atoms with Crippen molar-refractivity contribution in [1.29, 1.82) is 0 Å². The zero-order chi connectivity index (χ0) is 12.3. The van der Waals surface area contributed by atoms with Crippen LogP contribution in [0.1, 0.15) is 6.92 Å². The predicted octanol–water partition coefficient (Wildman–Crippen LogP) is 1.45. The summed E-state index contributed by atoms with van der Waals surface area (Å²) in [5.74, 6) is -1.28. The number of hydrogen-bond acceptors (Lipinski definition) is 3. The van der Waals surface area contributed by atoms with Gasteiger partial charge in [-0.05, 0) is 6.07 Å². The van der Waals surface area contributed by atoms with Gasteiger partial charge >= 0.3 is 0 Å². The first-order valence-corrected chi connectivity index (χ1v) is 6.17. The van der Waals surface area contributed by atoms with Crippen LogP contribution in [0.2, 0.25) is 5.02 Å². The van der Waals surface area contributed by atoms with E-state index in [4.69, 9.17) is 11.6 Å². The van der Waals surface area contributed by atoms with Gasteiger partial charge in [0.05, 0.1) is 10.7 Å². The third-order valence-electron chi connectivity index (χ3n) is 1.61. The second-order valence-electron chi connectivity index (χ2n) is 2.89. The van der Waals surface area contributed by atoms with E-state index < -0.39 is 21.8 Å². The molecule has 0 aliphatic heterocycles. The second kappa shape index (κ2) is 4.86. The van der Waals surface area contributed by atoms with Gasteiger partial charge in [-0.1, -0.05) is 18.5 Å². The van der Waals surface area contributed by atoms with E-state index in [1.54, 1.807) is 6.92 Å². The van der Waals surface area contributed by atoms with Gasteiger partial charge in [0, 0.05) is 12.6 Å². The molecule has 16 heavy (non-hydrogen) atoms. The number of nitrogens with one attached hydrogen (secondary N) is 2. The normalized spacial score (nSPS) is 11.4. The van der Waals surface area contributed by atoms with Gasteiger partial charge in [0.15, 0.2) is 5.75 Å². The van der Waals surface area contributed by atoms with Gasteiger partial charge in [0.25, 0.3) is 10.2 Å². The van der Waals surface area contributed by atoms with Crippen LogP contribution in [0.3, 0.4) is 0 Å². The molecule has 0 aliphatic rings. The van der Waals surface area contributed by atoms with Crippen molar-refractivity contribution >= 4 is 27.5 Å². The summed E-state index contributed by atoms with van der Waals surface area (Å²) in [7, 11) is -3.83. The van der Waals surface area contributed by atoms with E-state index in [2.05, 4.69) is 4.72 Å². The van der Waals surface area contributed by atoms with Gasteiger partial charge in [-0.15, -0.1) is 0 Å². The van der Waals surface area contributed by atoms with Gasteiger partial charge in [0.1, 0.15) is 5.82 Å². The third-order valence-corrected chi connectivity index (χ3v) is 3.05. The Morgan fingerprint density at radius 3 is 2.69 bits per heavy atom. The highest BCUT2D eigenvalue weighted by Gasteiger charge is 2.14. The van der Waals surface area contributed by atoms with E-state index in [0.29, 0.717) is 0 Å². The molecule has 0 unspecified atom stereocenters. The Hall–Kier alpha value is -1.05. The van der Waals surface area contributed by atoms with Crippen LogP contribution < -0.4 is 9.44 Å². The van der Waals surface area contributed by atoms with Crippen molar-refractivity contribution < 1.29 is 17.9 Å². The smallest absolute Gasteiger partial charge is 0.299 e. The lowest BCUT2D eigenvalue weighted by molar-refractivity contribution is 0.476. The fraction of sp³-hybridized carbons (Fsp3) is 0.250. The Labute approximate surface area is 97.4 Å². The third kappa shape index (κ3) is 3.22. The van der Waals surface area contributed by atoms with Crippen molar-refractivity contribution in [2.75, 3.05) is 11.3 Å². The fourth-order valence-corrected chi connectivity index (χ4v) is 2.12. The Bertz CT molecular complexity index is 492. The minimum Gasteiger partial charge on any atom is -0.504 e. The summed E-state index contributed by atoms with van der Waals surface area (Å²) in [6.45, 7) is 1.75. The maximum atomic E-state index is 12.9. The first-order chi connectivity index (χ1) is 7.35. The number of rotatable bonds is 4. The predicted molar refractivity (Wildman–Crippen MR) is 59.3 cm³/mol. The Balaban J connectivity index is 3.07.